The molecule has 0 aliphatic carbocycles. The van der Waals surface area contributed by atoms with Gasteiger partial charge in [-0.05, 0) is 38.0 Å². The zero-order valence-electron chi connectivity index (χ0n) is 25.4. The van der Waals surface area contributed by atoms with E-state index in [1.54, 1.807) is 6.92 Å². The highest BCUT2D eigenvalue weighted by atomic mass is 32.2. The molecule has 0 amide bonds. The highest BCUT2D eigenvalue weighted by Crippen LogP contribution is 2.71. The highest BCUT2D eigenvalue weighted by Gasteiger charge is 2.72. The summed E-state index contributed by atoms with van der Waals surface area (Å²) < 4.78 is 29.2. The summed E-state index contributed by atoms with van der Waals surface area (Å²) in [6, 6.07) is 2.98. The number of piperazine rings is 1. The van der Waals surface area contributed by atoms with Gasteiger partial charge in [0.25, 0.3) is 0 Å². The van der Waals surface area contributed by atoms with Crippen LogP contribution in [0.5, 0.6) is 28.7 Å². The molecular formula is C32H31N3O9S. The summed E-state index contributed by atoms with van der Waals surface area (Å²) >= 11 is 1.24. The number of Topliss-reactive ketones (excluding diaryl/α,β-unsaturated/α-hetero) is 1. The minimum absolute atomic E-state index is 0.0419. The van der Waals surface area contributed by atoms with Crippen molar-refractivity contribution in [1.29, 1.82) is 5.26 Å². The number of hydrogen-bond acceptors (Lipinski definition) is 13. The minimum Gasteiger partial charge on any atom is -0.504 e. The number of carbonyl (C=O) groups is 3. The SMILES string of the molecule is COc1c(C)cc2c(c1O)[C@@H]1C3[C@@H]4SCC(=O)C(=O)OC[C@@H](c5c6c(c(C)c(OC(C)=O)c54)OCO6)N3[C@]3(C#N)CN1[C@]2(C)C3. The monoisotopic (exact) mass is 633 g/mol. The van der Waals surface area contributed by atoms with E-state index >= 15 is 0 Å². The maximum Gasteiger partial charge on any atom is 0.375 e. The van der Waals surface area contributed by atoms with E-state index in [1.165, 1.54) is 25.8 Å². The molecule has 13 heteroatoms. The lowest BCUT2D eigenvalue weighted by Crippen LogP contribution is -2.66. The Morgan fingerprint density at radius 2 is 1.91 bits per heavy atom. The Hall–Kier alpha value is -3.99. The van der Waals surface area contributed by atoms with Gasteiger partial charge in [-0.2, -0.15) is 5.26 Å². The van der Waals surface area contributed by atoms with Crippen molar-refractivity contribution in [2.75, 3.05) is 32.8 Å². The van der Waals surface area contributed by atoms with Crippen molar-refractivity contribution in [3.8, 4) is 34.8 Å². The van der Waals surface area contributed by atoms with Crippen LogP contribution in [0.4, 0.5) is 0 Å². The first kappa shape index (κ1) is 28.5. The van der Waals surface area contributed by atoms with Gasteiger partial charge in [-0.15, -0.1) is 11.8 Å². The Kier molecular flexibility index (Phi) is 5.87. The van der Waals surface area contributed by atoms with Crippen molar-refractivity contribution in [2.45, 2.75) is 68.6 Å². The summed E-state index contributed by atoms with van der Waals surface area (Å²) in [4.78, 5) is 42.8. The first-order chi connectivity index (χ1) is 21.5. The third-order valence-corrected chi connectivity index (χ3v) is 11.8. The highest BCUT2D eigenvalue weighted by molar-refractivity contribution is 8.00. The summed E-state index contributed by atoms with van der Waals surface area (Å²) in [6.45, 7) is 7.17. The topological polar surface area (TPSA) is 148 Å². The van der Waals surface area contributed by atoms with Crippen LogP contribution < -0.4 is 18.9 Å². The van der Waals surface area contributed by atoms with Gasteiger partial charge in [0.1, 0.15) is 17.9 Å². The van der Waals surface area contributed by atoms with E-state index in [4.69, 9.17) is 23.7 Å². The molecule has 1 N–H and O–H groups in total. The fraction of sp³-hybridized carbons (Fsp3) is 0.500. The maximum absolute atomic E-state index is 13.0. The van der Waals surface area contributed by atoms with Crippen LogP contribution in [0.2, 0.25) is 0 Å². The number of phenols is 1. The molecule has 3 fully saturated rings. The Morgan fingerprint density at radius 3 is 2.62 bits per heavy atom. The van der Waals surface area contributed by atoms with Crippen LogP contribution >= 0.6 is 11.8 Å². The molecular weight excluding hydrogens is 602 g/mol. The van der Waals surface area contributed by atoms with Crippen molar-refractivity contribution in [2.24, 2.45) is 0 Å². The largest absolute Gasteiger partial charge is 0.504 e. The molecule has 6 aliphatic heterocycles. The molecule has 4 bridgehead atoms. The van der Waals surface area contributed by atoms with Gasteiger partial charge in [0.05, 0.1) is 36.3 Å². The Bertz CT molecular complexity index is 1810. The zero-order valence-corrected chi connectivity index (χ0v) is 26.2. The van der Waals surface area contributed by atoms with E-state index in [0.717, 1.165) is 11.1 Å². The number of methoxy groups -OCH3 is 1. The van der Waals surface area contributed by atoms with Gasteiger partial charge in [-0.25, -0.2) is 4.79 Å². The number of carbonyl (C=O) groups excluding carboxylic acids is 3. The molecule has 8 rings (SSSR count). The molecule has 0 spiro atoms. The molecule has 0 aromatic heterocycles. The number of ketones is 1. The summed E-state index contributed by atoms with van der Waals surface area (Å²) in [7, 11) is 1.52. The standard InChI is InChI=1S/C32H31N3O9S/c1-13-6-16-19(24(38)25(13)40-5)22-23-29-21-20(28-27(42-12-43-28)14(2)26(21)44-15(3)36)17(7-41-30(39)18(37)8-45-29)35(23)32(10-33)9-31(16,4)34(22)11-32/h6,17,22-23,29,38H,7-9,11-12H2,1-5H3/t17-,22+,23?,29+,31+,32+/m0/s1. The zero-order chi connectivity index (χ0) is 31.7. The number of aryl methyl sites for hydroxylation is 1. The molecule has 6 atom stereocenters. The number of nitriles is 1. The lowest BCUT2D eigenvalue weighted by Gasteiger charge is -2.58. The Balaban J connectivity index is 1.48. The average molecular weight is 634 g/mol. The number of fused-ring (bicyclic) bond motifs is 9. The van der Waals surface area contributed by atoms with Gasteiger partial charge in [-0.3, -0.25) is 19.4 Å². The Labute approximate surface area is 263 Å². The quantitative estimate of drug-likeness (QED) is 0.293. The molecule has 1 unspecified atom stereocenters. The molecule has 12 nitrogen and oxygen atoms in total. The smallest absolute Gasteiger partial charge is 0.375 e. The molecule has 0 saturated carbocycles. The molecule has 3 saturated heterocycles. The van der Waals surface area contributed by atoms with Crippen molar-refractivity contribution in [3.05, 3.63) is 39.4 Å². The predicted octanol–water partition coefficient (Wildman–Crippen LogP) is 3.25. The van der Waals surface area contributed by atoms with Crippen molar-refractivity contribution < 1.29 is 43.2 Å². The summed E-state index contributed by atoms with van der Waals surface area (Å²) in [5.41, 5.74) is 2.60. The van der Waals surface area contributed by atoms with Gasteiger partial charge < -0.3 is 28.8 Å². The fourth-order valence-corrected chi connectivity index (χ4v) is 10.3. The van der Waals surface area contributed by atoms with Crippen LogP contribution in [0.25, 0.3) is 0 Å². The number of ether oxygens (including phenoxy) is 5. The molecule has 0 radical (unpaired) electrons. The number of benzene rings is 2. The number of cyclic esters (lactones) is 1. The van der Waals surface area contributed by atoms with E-state index in [0.29, 0.717) is 58.2 Å². The number of thioether (sulfide) groups is 1. The van der Waals surface area contributed by atoms with Gasteiger partial charge in [0, 0.05) is 53.7 Å². The molecule has 2 aromatic carbocycles. The van der Waals surface area contributed by atoms with Crippen LogP contribution in [0, 0.1) is 25.2 Å². The van der Waals surface area contributed by atoms with Crippen LogP contribution in [-0.4, -0.2) is 77.0 Å². The average Bonchev–Trinajstić information content (AvgIpc) is 3.65. The second-order valence-electron chi connectivity index (χ2n) is 12.8. The van der Waals surface area contributed by atoms with Gasteiger partial charge in [0.15, 0.2) is 23.0 Å². The lowest BCUT2D eigenvalue weighted by molar-refractivity contribution is -0.156. The number of rotatable bonds is 2. The van der Waals surface area contributed by atoms with Crippen LogP contribution in [0.1, 0.15) is 71.0 Å². The molecule has 2 aromatic rings. The van der Waals surface area contributed by atoms with E-state index in [2.05, 4.69) is 22.8 Å². The number of phenolic OH excluding ortho intramolecular Hbond substituents is 1. The van der Waals surface area contributed by atoms with E-state index < -0.39 is 52.2 Å². The number of aromatic hydroxyl groups is 1. The minimum atomic E-state index is -1.04. The maximum atomic E-state index is 13.0. The van der Waals surface area contributed by atoms with Crippen molar-refractivity contribution >= 4 is 29.5 Å². The summed E-state index contributed by atoms with van der Waals surface area (Å²) in [5, 5.41) is 22.3. The Morgan fingerprint density at radius 1 is 1.16 bits per heavy atom. The van der Waals surface area contributed by atoms with Crippen molar-refractivity contribution in [1.82, 2.24) is 9.80 Å². The fourth-order valence-electron chi connectivity index (χ4n) is 9.02. The van der Waals surface area contributed by atoms with Crippen LogP contribution in [0.15, 0.2) is 6.07 Å². The first-order valence-electron chi connectivity index (χ1n) is 14.8. The number of esters is 2. The third kappa shape index (κ3) is 3.42. The van der Waals surface area contributed by atoms with Crippen LogP contribution in [-0.2, 0) is 24.7 Å². The number of nitrogens with zero attached hydrogens (tertiary/aromatic N) is 3. The molecule has 6 heterocycles. The van der Waals surface area contributed by atoms with Crippen molar-refractivity contribution in [3.63, 3.8) is 0 Å². The van der Waals surface area contributed by atoms with E-state index in [9.17, 15) is 24.8 Å². The molecule has 45 heavy (non-hydrogen) atoms. The second kappa shape index (κ2) is 9.28. The number of hydrogen-bond donors (Lipinski definition) is 1. The first-order valence-corrected chi connectivity index (χ1v) is 15.9. The molecule has 234 valence electrons. The molecule has 6 aliphatic rings. The van der Waals surface area contributed by atoms with Gasteiger partial charge >= 0.3 is 11.9 Å². The summed E-state index contributed by atoms with van der Waals surface area (Å²) in [5.74, 6) is -0.775. The predicted molar refractivity (Wildman–Crippen MR) is 157 cm³/mol. The summed E-state index contributed by atoms with van der Waals surface area (Å²) in [6.07, 6.45) is 0.417. The third-order valence-electron chi connectivity index (χ3n) is 10.5. The lowest BCUT2D eigenvalue weighted by atomic mass is 9.72. The van der Waals surface area contributed by atoms with E-state index in [-0.39, 0.29) is 24.9 Å². The second-order valence-corrected chi connectivity index (χ2v) is 13.9. The van der Waals surface area contributed by atoms with Gasteiger partial charge in [-0.1, -0.05) is 0 Å². The normalized spacial score (nSPS) is 32.4. The van der Waals surface area contributed by atoms with Crippen LogP contribution in [0.3, 0.4) is 0 Å². The van der Waals surface area contributed by atoms with Gasteiger partial charge in [0.2, 0.25) is 12.6 Å². The van der Waals surface area contributed by atoms with E-state index in [1.807, 2.05) is 13.0 Å².